The molecule has 1 saturated heterocycles. The monoisotopic (exact) mass is 409 g/mol. The van der Waals surface area contributed by atoms with E-state index in [1.165, 1.54) is 16.0 Å². The molecule has 3 nitrogen and oxygen atoms in total. The third-order valence-corrected chi connectivity index (χ3v) is 7.21. The highest BCUT2D eigenvalue weighted by atomic mass is 79.9. The molecule has 5 rings (SSSR count). The number of allylic oxidation sites excluding steroid dienone is 2. The molecule has 3 aliphatic rings. The molecule has 2 unspecified atom stereocenters. The highest BCUT2D eigenvalue weighted by Crippen LogP contribution is 2.60. The molecular formula is C22H20BrNO2. The van der Waals surface area contributed by atoms with Gasteiger partial charge in [0.15, 0.2) is 0 Å². The molecule has 2 bridgehead atoms. The van der Waals surface area contributed by atoms with E-state index >= 15 is 0 Å². The van der Waals surface area contributed by atoms with Crippen LogP contribution in [0.3, 0.4) is 0 Å². The second kappa shape index (κ2) is 5.53. The predicted octanol–water partition coefficient (Wildman–Crippen LogP) is 5.08. The van der Waals surface area contributed by atoms with Crippen LogP contribution in [-0.2, 0) is 9.59 Å². The number of carbonyl (C=O) groups excluding carboxylic acids is 2. The fourth-order valence-electron chi connectivity index (χ4n) is 5.67. The van der Waals surface area contributed by atoms with Gasteiger partial charge in [0, 0.05) is 9.86 Å². The Morgan fingerprint density at radius 3 is 2.08 bits per heavy atom. The van der Waals surface area contributed by atoms with Gasteiger partial charge < -0.3 is 0 Å². The number of hydrogen-bond acceptors (Lipinski definition) is 2. The number of carbonyl (C=O) groups is 2. The van der Waals surface area contributed by atoms with Crippen molar-refractivity contribution in [3.63, 3.8) is 0 Å². The van der Waals surface area contributed by atoms with Gasteiger partial charge in [-0.2, -0.15) is 0 Å². The molecule has 1 aliphatic heterocycles. The SMILES string of the molecule is CC(C)=C1C2CCC1[C@@H]1C(=O)N(c3ccc(Br)c4ccccc34)C(=O)[C@H]21. The van der Waals surface area contributed by atoms with Crippen LogP contribution in [0.4, 0.5) is 5.69 Å². The Morgan fingerprint density at radius 2 is 1.50 bits per heavy atom. The van der Waals surface area contributed by atoms with Crippen molar-refractivity contribution in [3.8, 4) is 0 Å². The standard InChI is InChI=1S/C22H20BrNO2/c1-11(2)18-14-7-8-15(18)20-19(14)21(25)24(22(20)26)17-10-9-16(23)12-5-3-4-6-13(12)17/h3-6,9-10,14-15,19-20H,7-8H2,1-2H3/t14?,15?,19-,20+. The summed E-state index contributed by atoms with van der Waals surface area (Å²) in [6.45, 7) is 4.24. The molecule has 26 heavy (non-hydrogen) atoms. The molecule has 2 aromatic rings. The highest BCUT2D eigenvalue weighted by molar-refractivity contribution is 9.10. The Hall–Kier alpha value is -1.94. The first-order chi connectivity index (χ1) is 12.5. The number of rotatable bonds is 1. The van der Waals surface area contributed by atoms with E-state index < -0.39 is 0 Å². The largest absolute Gasteiger partial charge is 0.274 e. The van der Waals surface area contributed by atoms with Crippen LogP contribution >= 0.6 is 15.9 Å². The summed E-state index contributed by atoms with van der Waals surface area (Å²) in [6.07, 6.45) is 2.08. The molecular weight excluding hydrogens is 390 g/mol. The summed E-state index contributed by atoms with van der Waals surface area (Å²) in [7, 11) is 0. The van der Waals surface area contributed by atoms with Crippen LogP contribution in [0.2, 0.25) is 0 Å². The Morgan fingerprint density at radius 1 is 0.923 bits per heavy atom. The normalized spacial score (nSPS) is 29.8. The van der Waals surface area contributed by atoms with Gasteiger partial charge in [-0.3, -0.25) is 9.59 Å². The van der Waals surface area contributed by atoms with Crippen LogP contribution in [0, 0.1) is 23.7 Å². The zero-order valence-electron chi connectivity index (χ0n) is 14.8. The van der Waals surface area contributed by atoms with Crippen molar-refractivity contribution in [3.05, 3.63) is 52.0 Å². The second-order valence-corrected chi connectivity index (χ2v) is 8.78. The third kappa shape index (κ3) is 1.94. The maximum absolute atomic E-state index is 13.4. The van der Waals surface area contributed by atoms with Gasteiger partial charge in [-0.05, 0) is 56.0 Å². The summed E-state index contributed by atoms with van der Waals surface area (Å²) in [5, 5.41) is 1.97. The van der Waals surface area contributed by atoms with Crippen LogP contribution in [0.5, 0.6) is 0 Å². The quantitative estimate of drug-likeness (QED) is 0.486. The molecule has 4 heteroatoms. The number of amides is 2. The van der Waals surface area contributed by atoms with Crippen LogP contribution < -0.4 is 4.90 Å². The van der Waals surface area contributed by atoms with Crippen molar-refractivity contribution in [2.45, 2.75) is 26.7 Å². The van der Waals surface area contributed by atoms with Gasteiger partial charge in [-0.25, -0.2) is 4.90 Å². The molecule has 2 saturated carbocycles. The minimum Gasteiger partial charge on any atom is -0.274 e. The van der Waals surface area contributed by atoms with E-state index in [1.807, 2.05) is 36.4 Å². The average Bonchev–Trinajstić information content (AvgIpc) is 3.27. The smallest absolute Gasteiger partial charge is 0.238 e. The summed E-state index contributed by atoms with van der Waals surface area (Å²) in [4.78, 5) is 28.2. The zero-order chi connectivity index (χ0) is 18.2. The predicted molar refractivity (Wildman–Crippen MR) is 106 cm³/mol. The lowest BCUT2D eigenvalue weighted by Gasteiger charge is -2.21. The van der Waals surface area contributed by atoms with Crippen LogP contribution in [0.25, 0.3) is 10.8 Å². The number of benzene rings is 2. The van der Waals surface area contributed by atoms with Crippen LogP contribution in [0.1, 0.15) is 26.7 Å². The molecule has 4 atom stereocenters. The lowest BCUT2D eigenvalue weighted by molar-refractivity contribution is -0.122. The van der Waals surface area contributed by atoms with E-state index in [9.17, 15) is 9.59 Å². The Kier molecular flexibility index (Phi) is 3.45. The number of fused-ring (bicyclic) bond motifs is 6. The van der Waals surface area contributed by atoms with Gasteiger partial charge >= 0.3 is 0 Å². The first-order valence-electron chi connectivity index (χ1n) is 9.23. The van der Waals surface area contributed by atoms with Gasteiger partial charge in [-0.15, -0.1) is 0 Å². The summed E-state index contributed by atoms with van der Waals surface area (Å²) in [5.41, 5.74) is 3.42. The minimum absolute atomic E-state index is 0.00146. The number of nitrogens with zero attached hydrogens (tertiary/aromatic N) is 1. The van der Waals surface area contributed by atoms with Gasteiger partial charge in [0.25, 0.3) is 0 Å². The Balaban J connectivity index is 1.65. The number of imide groups is 1. The van der Waals surface area contributed by atoms with Gasteiger partial charge in [-0.1, -0.05) is 51.3 Å². The van der Waals surface area contributed by atoms with Crippen molar-refractivity contribution in [1.82, 2.24) is 0 Å². The van der Waals surface area contributed by atoms with Crippen molar-refractivity contribution in [1.29, 1.82) is 0 Å². The van der Waals surface area contributed by atoms with Crippen LogP contribution in [0.15, 0.2) is 52.0 Å². The highest BCUT2D eigenvalue weighted by Gasteiger charge is 2.63. The number of halogens is 1. The van der Waals surface area contributed by atoms with E-state index in [0.29, 0.717) is 0 Å². The molecule has 0 radical (unpaired) electrons. The molecule has 3 fully saturated rings. The van der Waals surface area contributed by atoms with E-state index in [1.54, 1.807) is 0 Å². The first-order valence-corrected chi connectivity index (χ1v) is 10.0. The average molecular weight is 410 g/mol. The Bertz CT molecular complexity index is 972. The summed E-state index contributed by atoms with van der Waals surface area (Å²) >= 11 is 3.58. The van der Waals surface area contributed by atoms with Crippen molar-refractivity contribution in [2.24, 2.45) is 23.7 Å². The van der Waals surface area contributed by atoms with Crippen molar-refractivity contribution < 1.29 is 9.59 Å². The number of anilines is 1. The van der Waals surface area contributed by atoms with E-state index in [-0.39, 0.29) is 35.5 Å². The Labute approximate surface area is 161 Å². The molecule has 2 aromatic carbocycles. The van der Waals surface area contributed by atoms with Crippen molar-refractivity contribution in [2.75, 3.05) is 4.90 Å². The van der Waals surface area contributed by atoms with E-state index in [0.717, 1.165) is 33.8 Å². The topological polar surface area (TPSA) is 37.4 Å². The molecule has 0 N–H and O–H groups in total. The van der Waals surface area contributed by atoms with Gasteiger partial charge in [0.2, 0.25) is 11.8 Å². The molecule has 2 amide bonds. The fourth-order valence-corrected chi connectivity index (χ4v) is 6.15. The second-order valence-electron chi connectivity index (χ2n) is 7.92. The summed E-state index contributed by atoms with van der Waals surface area (Å²) in [5.74, 6) is 0.204. The molecule has 0 aromatic heterocycles. The minimum atomic E-state index is -0.159. The maximum atomic E-state index is 13.4. The lowest BCUT2D eigenvalue weighted by Crippen LogP contribution is -2.33. The third-order valence-electron chi connectivity index (χ3n) is 6.52. The molecule has 132 valence electrons. The van der Waals surface area contributed by atoms with Crippen LogP contribution in [-0.4, -0.2) is 11.8 Å². The lowest BCUT2D eigenvalue weighted by atomic mass is 9.81. The van der Waals surface area contributed by atoms with E-state index in [4.69, 9.17) is 0 Å². The van der Waals surface area contributed by atoms with Gasteiger partial charge in [0.1, 0.15) is 0 Å². The number of hydrogen-bond donors (Lipinski definition) is 0. The first kappa shape index (κ1) is 16.2. The fraction of sp³-hybridized carbons (Fsp3) is 0.364. The molecule has 0 spiro atoms. The summed E-state index contributed by atoms with van der Waals surface area (Å²) < 4.78 is 0.975. The zero-order valence-corrected chi connectivity index (χ0v) is 16.4. The van der Waals surface area contributed by atoms with Crippen molar-refractivity contribution >= 4 is 44.2 Å². The van der Waals surface area contributed by atoms with E-state index in [2.05, 4.69) is 29.8 Å². The van der Waals surface area contributed by atoms with Gasteiger partial charge in [0.05, 0.1) is 17.5 Å². The summed E-state index contributed by atoms with van der Waals surface area (Å²) in [6, 6.07) is 11.8. The molecule has 1 heterocycles. The maximum Gasteiger partial charge on any atom is 0.238 e. The molecule has 2 aliphatic carbocycles.